The highest BCUT2D eigenvalue weighted by molar-refractivity contribution is 5.30. The molecule has 0 saturated carbocycles. The molecule has 1 aliphatic rings. The van der Waals surface area contributed by atoms with Gasteiger partial charge in [-0.05, 0) is 61.3 Å². The Morgan fingerprint density at radius 1 is 1.03 bits per heavy atom. The zero-order valence-electron chi connectivity index (χ0n) is 17.5. The van der Waals surface area contributed by atoms with Gasteiger partial charge in [-0.1, -0.05) is 25.1 Å². The first-order valence-electron chi connectivity index (χ1n) is 10.7. The molecule has 0 N–H and O–H groups in total. The molecule has 6 nitrogen and oxygen atoms in total. The van der Waals surface area contributed by atoms with Crippen LogP contribution >= 0.6 is 0 Å². The fourth-order valence-electron chi connectivity index (χ4n) is 4.16. The van der Waals surface area contributed by atoms with E-state index in [1.165, 1.54) is 30.5 Å². The molecule has 1 saturated heterocycles. The highest BCUT2D eigenvalue weighted by Crippen LogP contribution is 2.22. The van der Waals surface area contributed by atoms with Crippen molar-refractivity contribution in [1.82, 2.24) is 24.8 Å². The van der Waals surface area contributed by atoms with Crippen LogP contribution in [0.25, 0.3) is 0 Å². The van der Waals surface area contributed by atoms with Crippen molar-refractivity contribution in [2.45, 2.75) is 38.9 Å². The van der Waals surface area contributed by atoms with Crippen molar-refractivity contribution < 1.29 is 4.74 Å². The van der Waals surface area contributed by atoms with Crippen molar-refractivity contribution in [2.24, 2.45) is 0 Å². The Hall–Kier alpha value is -2.83. The third-order valence-electron chi connectivity index (χ3n) is 5.56. The number of pyridine rings is 1. The van der Waals surface area contributed by atoms with Gasteiger partial charge in [-0.25, -0.2) is 9.97 Å². The Kier molecular flexibility index (Phi) is 7.00. The summed E-state index contributed by atoms with van der Waals surface area (Å²) in [5.41, 5.74) is 2.46. The Morgan fingerprint density at radius 3 is 2.67 bits per heavy atom. The average Bonchev–Trinajstić information content (AvgIpc) is 3.22. The van der Waals surface area contributed by atoms with E-state index in [1.54, 1.807) is 18.5 Å². The molecule has 0 amide bonds. The van der Waals surface area contributed by atoms with Crippen LogP contribution in [0.2, 0.25) is 0 Å². The van der Waals surface area contributed by atoms with Gasteiger partial charge in [0.25, 0.3) is 0 Å². The van der Waals surface area contributed by atoms with Gasteiger partial charge in [0.15, 0.2) is 0 Å². The Labute approximate surface area is 178 Å². The Morgan fingerprint density at radius 2 is 1.87 bits per heavy atom. The summed E-state index contributed by atoms with van der Waals surface area (Å²) in [7, 11) is 0. The molecule has 156 valence electrons. The fraction of sp³-hybridized carbons (Fsp3) is 0.375. The van der Waals surface area contributed by atoms with E-state index in [0.29, 0.717) is 12.1 Å². The van der Waals surface area contributed by atoms with Gasteiger partial charge in [-0.15, -0.1) is 0 Å². The summed E-state index contributed by atoms with van der Waals surface area (Å²) in [6.07, 6.45) is 9.72. The molecule has 1 aliphatic heterocycles. The molecule has 1 aromatic carbocycles. The maximum atomic E-state index is 5.83. The number of benzene rings is 1. The second kappa shape index (κ2) is 10.3. The summed E-state index contributed by atoms with van der Waals surface area (Å²) in [5.74, 6) is 0.760. The first-order valence-corrected chi connectivity index (χ1v) is 10.7. The van der Waals surface area contributed by atoms with Crippen molar-refractivity contribution in [3.8, 4) is 11.8 Å². The van der Waals surface area contributed by atoms with Gasteiger partial charge in [0.05, 0.1) is 0 Å². The standard InChI is InChI=1S/C24H29N5O/c1-2-29-14-5-9-22(29)19-28(18-21-8-4-11-25-16-21)17-20-7-3-10-23(15-20)30-24-26-12-6-13-27-24/h3-4,6-8,10-13,15-16,22H,2,5,9,14,17-19H2,1H3/t22-/m1/s1. The Balaban J connectivity index is 1.48. The molecule has 0 spiro atoms. The molecule has 6 heteroatoms. The van der Waals surface area contributed by atoms with Crippen LogP contribution in [0, 0.1) is 0 Å². The molecular weight excluding hydrogens is 374 g/mol. The van der Waals surface area contributed by atoms with Gasteiger partial charge in [0.1, 0.15) is 5.75 Å². The second-order valence-corrected chi connectivity index (χ2v) is 7.74. The molecule has 0 unspecified atom stereocenters. The van der Waals surface area contributed by atoms with Crippen molar-refractivity contribution in [3.63, 3.8) is 0 Å². The van der Waals surface area contributed by atoms with Crippen LogP contribution in [-0.4, -0.2) is 50.4 Å². The first kappa shape index (κ1) is 20.4. The SMILES string of the molecule is CCN1CCC[C@@H]1CN(Cc1cccnc1)Cc1cccc(Oc2ncccn2)c1. The molecular formula is C24H29N5O. The molecule has 1 atom stereocenters. The van der Waals surface area contributed by atoms with Crippen LogP contribution in [0.4, 0.5) is 0 Å². The fourth-order valence-corrected chi connectivity index (χ4v) is 4.16. The van der Waals surface area contributed by atoms with E-state index in [4.69, 9.17) is 4.74 Å². The largest absolute Gasteiger partial charge is 0.424 e. The van der Waals surface area contributed by atoms with E-state index < -0.39 is 0 Å². The maximum absolute atomic E-state index is 5.83. The predicted molar refractivity (Wildman–Crippen MR) is 117 cm³/mol. The minimum atomic E-state index is 0.367. The summed E-state index contributed by atoms with van der Waals surface area (Å²) in [6.45, 7) is 7.38. The van der Waals surface area contributed by atoms with Crippen LogP contribution in [0.3, 0.4) is 0 Å². The monoisotopic (exact) mass is 403 g/mol. The smallest absolute Gasteiger partial charge is 0.321 e. The summed E-state index contributed by atoms with van der Waals surface area (Å²) in [5, 5.41) is 0. The van der Waals surface area contributed by atoms with Gasteiger partial charge in [-0.3, -0.25) is 14.8 Å². The second-order valence-electron chi connectivity index (χ2n) is 7.74. The summed E-state index contributed by atoms with van der Waals surface area (Å²) in [6, 6.07) is 15.1. The highest BCUT2D eigenvalue weighted by atomic mass is 16.5. The number of rotatable bonds is 9. The number of nitrogens with zero attached hydrogens (tertiary/aromatic N) is 5. The molecule has 2 aromatic heterocycles. The lowest BCUT2D eigenvalue weighted by atomic mass is 10.1. The summed E-state index contributed by atoms with van der Waals surface area (Å²) >= 11 is 0. The number of likely N-dealkylation sites (N-methyl/N-ethyl adjacent to an activating group) is 1. The molecule has 0 bridgehead atoms. The van der Waals surface area contributed by atoms with Gasteiger partial charge in [0, 0.05) is 50.5 Å². The van der Waals surface area contributed by atoms with E-state index in [0.717, 1.165) is 31.9 Å². The van der Waals surface area contributed by atoms with Gasteiger partial charge in [-0.2, -0.15) is 0 Å². The van der Waals surface area contributed by atoms with Crippen LogP contribution < -0.4 is 4.74 Å². The van der Waals surface area contributed by atoms with Crippen molar-refractivity contribution in [3.05, 3.63) is 78.4 Å². The van der Waals surface area contributed by atoms with E-state index in [2.05, 4.69) is 49.9 Å². The quantitative estimate of drug-likeness (QED) is 0.535. The number of aromatic nitrogens is 3. The average molecular weight is 404 g/mol. The number of hydrogen-bond donors (Lipinski definition) is 0. The molecule has 3 heterocycles. The number of hydrogen-bond acceptors (Lipinski definition) is 6. The molecule has 3 aromatic rings. The van der Waals surface area contributed by atoms with Gasteiger partial charge in [0.2, 0.25) is 0 Å². The van der Waals surface area contributed by atoms with E-state index in [-0.39, 0.29) is 0 Å². The molecule has 4 rings (SSSR count). The topological polar surface area (TPSA) is 54.4 Å². The minimum absolute atomic E-state index is 0.367. The Bertz CT molecular complexity index is 906. The first-order chi connectivity index (χ1) is 14.8. The lowest BCUT2D eigenvalue weighted by Gasteiger charge is -2.30. The summed E-state index contributed by atoms with van der Waals surface area (Å²) < 4.78 is 5.83. The number of likely N-dealkylation sites (tertiary alicyclic amines) is 1. The predicted octanol–water partition coefficient (Wildman–Crippen LogP) is 4.15. The van der Waals surface area contributed by atoms with E-state index in [1.807, 2.05) is 30.6 Å². The molecule has 1 fully saturated rings. The number of ether oxygens (including phenoxy) is 1. The van der Waals surface area contributed by atoms with Crippen LogP contribution in [0.1, 0.15) is 30.9 Å². The van der Waals surface area contributed by atoms with Gasteiger partial charge < -0.3 is 4.74 Å². The minimum Gasteiger partial charge on any atom is -0.424 e. The molecule has 0 radical (unpaired) electrons. The van der Waals surface area contributed by atoms with Crippen molar-refractivity contribution >= 4 is 0 Å². The summed E-state index contributed by atoms with van der Waals surface area (Å²) in [4.78, 5) is 17.7. The van der Waals surface area contributed by atoms with Gasteiger partial charge >= 0.3 is 6.01 Å². The van der Waals surface area contributed by atoms with Crippen molar-refractivity contribution in [1.29, 1.82) is 0 Å². The zero-order chi connectivity index (χ0) is 20.6. The lowest BCUT2D eigenvalue weighted by molar-refractivity contribution is 0.166. The lowest BCUT2D eigenvalue weighted by Crippen LogP contribution is -2.39. The van der Waals surface area contributed by atoms with Crippen LogP contribution in [-0.2, 0) is 13.1 Å². The van der Waals surface area contributed by atoms with Crippen LogP contribution in [0.15, 0.2) is 67.3 Å². The molecule has 30 heavy (non-hydrogen) atoms. The van der Waals surface area contributed by atoms with E-state index >= 15 is 0 Å². The third kappa shape index (κ3) is 5.62. The normalized spacial score (nSPS) is 16.8. The maximum Gasteiger partial charge on any atom is 0.321 e. The van der Waals surface area contributed by atoms with Crippen LogP contribution in [0.5, 0.6) is 11.8 Å². The highest BCUT2D eigenvalue weighted by Gasteiger charge is 2.25. The third-order valence-corrected chi connectivity index (χ3v) is 5.56. The molecule has 0 aliphatic carbocycles. The van der Waals surface area contributed by atoms with E-state index in [9.17, 15) is 0 Å². The zero-order valence-corrected chi connectivity index (χ0v) is 17.5. The van der Waals surface area contributed by atoms with Crippen molar-refractivity contribution in [2.75, 3.05) is 19.6 Å².